The Morgan fingerprint density at radius 1 is 1.22 bits per heavy atom. The van der Waals surface area contributed by atoms with Crippen molar-refractivity contribution in [2.75, 3.05) is 31.6 Å². The van der Waals surface area contributed by atoms with E-state index in [1.165, 1.54) is 23.8 Å². The molecular formula is C19H22N4O4. The highest BCUT2D eigenvalue weighted by Gasteiger charge is 2.21. The van der Waals surface area contributed by atoms with Gasteiger partial charge in [0.15, 0.2) is 0 Å². The van der Waals surface area contributed by atoms with Gasteiger partial charge in [0.1, 0.15) is 0 Å². The van der Waals surface area contributed by atoms with Gasteiger partial charge in [-0.15, -0.1) is 0 Å². The summed E-state index contributed by atoms with van der Waals surface area (Å²) in [5.41, 5.74) is 1.55. The maximum atomic E-state index is 12.0. The van der Waals surface area contributed by atoms with Crippen LogP contribution in [-0.4, -0.2) is 48.2 Å². The van der Waals surface area contributed by atoms with Gasteiger partial charge in [-0.2, -0.15) is 0 Å². The van der Waals surface area contributed by atoms with Crippen LogP contribution in [0.4, 0.5) is 16.2 Å². The standard InChI is InChI=1S/C19H22N4O4/c24-19(21-16-7-4-8-17(11-16)23(25)26)20-12-18-14-22(9-10-27-18)13-15-5-2-1-3-6-15/h1-8,11,18H,9-10,12-14H2,(H2,20,21,24). The van der Waals surface area contributed by atoms with Crippen molar-refractivity contribution in [1.29, 1.82) is 0 Å². The Balaban J connectivity index is 1.45. The lowest BCUT2D eigenvalue weighted by atomic mass is 10.2. The largest absolute Gasteiger partial charge is 0.374 e. The van der Waals surface area contributed by atoms with Crippen LogP contribution in [0.3, 0.4) is 0 Å². The van der Waals surface area contributed by atoms with Crippen LogP contribution < -0.4 is 10.6 Å². The number of urea groups is 1. The Morgan fingerprint density at radius 2 is 2.04 bits per heavy atom. The summed E-state index contributed by atoms with van der Waals surface area (Å²) in [6.07, 6.45) is -0.0988. The van der Waals surface area contributed by atoms with E-state index in [9.17, 15) is 14.9 Å². The number of non-ortho nitro benzene ring substituents is 1. The number of hydrogen-bond acceptors (Lipinski definition) is 5. The van der Waals surface area contributed by atoms with Gasteiger partial charge in [-0.25, -0.2) is 4.79 Å². The molecule has 1 fully saturated rings. The molecule has 0 aliphatic carbocycles. The fourth-order valence-electron chi connectivity index (χ4n) is 2.97. The van der Waals surface area contributed by atoms with E-state index in [0.29, 0.717) is 18.8 Å². The number of morpholine rings is 1. The predicted molar refractivity (Wildman–Crippen MR) is 102 cm³/mol. The van der Waals surface area contributed by atoms with E-state index >= 15 is 0 Å². The third kappa shape index (κ3) is 5.77. The highest BCUT2D eigenvalue weighted by Crippen LogP contribution is 2.17. The van der Waals surface area contributed by atoms with Gasteiger partial charge in [0, 0.05) is 44.0 Å². The Hall–Kier alpha value is -2.97. The van der Waals surface area contributed by atoms with Gasteiger partial charge in [0.05, 0.1) is 17.6 Å². The van der Waals surface area contributed by atoms with Crippen LogP contribution in [0.15, 0.2) is 54.6 Å². The van der Waals surface area contributed by atoms with Crippen molar-refractivity contribution in [3.05, 3.63) is 70.3 Å². The second kappa shape index (κ2) is 9.11. The zero-order valence-corrected chi connectivity index (χ0v) is 14.8. The van der Waals surface area contributed by atoms with E-state index in [2.05, 4.69) is 27.7 Å². The maximum absolute atomic E-state index is 12.0. The third-order valence-corrected chi connectivity index (χ3v) is 4.28. The summed E-state index contributed by atoms with van der Waals surface area (Å²) < 4.78 is 5.72. The van der Waals surface area contributed by atoms with E-state index in [4.69, 9.17) is 4.74 Å². The smallest absolute Gasteiger partial charge is 0.319 e. The number of nitrogens with zero attached hydrogens (tertiary/aromatic N) is 2. The average Bonchev–Trinajstić information content (AvgIpc) is 2.68. The molecule has 3 rings (SSSR count). The van der Waals surface area contributed by atoms with Crippen molar-refractivity contribution in [1.82, 2.24) is 10.2 Å². The first-order chi connectivity index (χ1) is 13.1. The Labute approximate surface area is 157 Å². The molecule has 0 bridgehead atoms. The van der Waals surface area contributed by atoms with Gasteiger partial charge in [-0.3, -0.25) is 15.0 Å². The molecule has 2 aromatic carbocycles. The fourth-order valence-corrected chi connectivity index (χ4v) is 2.97. The van der Waals surface area contributed by atoms with Crippen LogP contribution in [0, 0.1) is 10.1 Å². The molecule has 0 spiro atoms. The van der Waals surface area contributed by atoms with Crippen molar-refractivity contribution in [2.24, 2.45) is 0 Å². The number of carbonyl (C=O) groups excluding carboxylic acids is 1. The van der Waals surface area contributed by atoms with E-state index in [0.717, 1.165) is 19.6 Å². The molecule has 8 heteroatoms. The number of nitro benzene ring substituents is 1. The van der Waals surface area contributed by atoms with Crippen molar-refractivity contribution in [3.8, 4) is 0 Å². The molecule has 1 aliphatic heterocycles. The van der Waals surface area contributed by atoms with Crippen LogP contribution in [0.5, 0.6) is 0 Å². The molecule has 1 saturated heterocycles. The summed E-state index contributed by atoms with van der Waals surface area (Å²) >= 11 is 0. The maximum Gasteiger partial charge on any atom is 0.319 e. The number of ether oxygens (including phenoxy) is 1. The molecule has 0 saturated carbocycles. The van der Waals surface area contributed by atoms with Crippen LogP contribution in [0.2, 0.25) is 0 Å². The van der Waals surface area contributed by atoms with Crippen molar-refractivity contribution in [2.45, 2.75) is 12.6 Å². The summed E-state index contributed by atoms with van der Waals surface area (Å²) in [7, 11) is 0. The van der Waals surface area contributed by atoms with Crippen LogP contribution >= 0.6 is 0 Å². The summed E-state index contributed by atoms with van der Waals surface area (Å²) in [5, 5.41) is 16.2. The topological polar surface area (TPSA) is 96.7 Å². The number of anilines is 1. The van der Waals surface area contributed by atoms with E-state index in [-0.39, 0.29) is 11.8 Å². The van der Waals surface area contributed by atoms with Gasteiger partial charge in [0.25, 0.3) is 5.69 Å². The molecule has 2 aromatic rings. The van der Waals surface area contributed by atoms with Crippen molar-refractivity contribution >= 4 is 17.4 Å². The molecule has 1 unspecified atom stereocenters. The second-order valence-electron chi connectivity index (χ2n) is 6.36. The molecule has 0 aromatic heterocycles. The van der Waals surface area contributed by atoms with Gasteiger partial charge in [0.2, 0.25) is 0 Å². The molecular weight excluding hydrogens is 348 g/mol. The van der Waals surface area contributed by atoms with Gasteiger partial charge >= 0.3 is 6.03 Å². The van der Waals surface area contributed by atoms with E-state index in [1.807, 2.05) is 18.2 Å². The minimum Gasteiger partial charge on any atom is -0.374 e. The quantitative estimate of drug-likeness (QED) is 0.602. The SMILES string of the molecule is O=C(NCC1CN(Cc2ccccc2)CCO1)Nc1cccc([N+](=O)[O-])c1. The van der Waals surface area contributed by atoms with Gasteiger partial charge in [-0.05, 0) is 11.6 Å². The lowest BCUT2D eigenvalue weighted by Crippen LogP contribution is -2.47. The molecule has 1 atom stereocenters. The minimum absolute atomic E-state index is 0.0695. The monoisotopic (exact) mass is 370 g/mol. The van der Waals surface area contributed by atoms with Crippen LogP contribution in [-0.2, 0) is 11.3 Å². The van der Waals surface area contributed by atoms with Gasteiger partial charge < -0.3 is 15.4 Å². The molecule has 142 valence electrons. The Kier molecular flexibility index (Phi) is 6.35. The normalized spacial score (nSPS) is 17.3. The highest BCUT2D eigenvalue weighted by atomic mass is 16.6. The second-order valence-corrected chi connectivity index (χ2v) is 6.36. The summed E-state index contributed by atoms with van der Waals surface area (Å²) in [6.45, 7) is 3.41. The molecule has 2 N–H and O–H groups in total. The fraction of sp³-hybridized carbons (Fsp3) is 0.316. The number of nitrogens with one attached hydrogen (secondary N) is 2. The first-order valence-electron chi connectivity index (χ1n) is 8.77. The number of benzene rings is 2. The Morgan fingerprint density at radius 3 is 2.81 bits per heavy atom. The molecule has 1 heterocycles. The van der Waals surface area contributed by atoms with Crippen LogP contribution in [0.25, 0.3) is 0 Å². The molecule has 27 heavy (non-hydrogen) atoms. The minimum atomic E-state index is -0.500. The first kappa shape index (κ1) is 18.8. The molecule has 2 amide bonds. The lowest BCUT2D eigenvalue weighted by Gasteiger charge is -2.33. The molecule has 1 aliphatic rings. The number of nitro groups is 1. The molecule has 0 radical (unpaired) electrons. The summed E-state index contributed by atoms with van der Waals surface area (Å²) in [6, 6.07) is 15.6. The third-order valence-electron chi connectivity index (χ3n) is 4.28. The van der Waals surface area contributed by atoms with E-state index < -0.39 is 11.0 Å². The van der Waals surface area contributed by atoms with Crippen molar-refractivity contribution < 1.29 is 14.5 Å². The number of amides is 2. The number of carbonyl (C=O) groups is 1. The van der Waals surface area contributed by atoms with Crippen LogP contribution in [0.1, 0.15) is 5.56 Å². The van der Waals surface area contributed by atoms with E-state index in [1.54, 1.807) is 6.07 Å². The first-order valence-corrected chi connectivity index (χ1v) is 8.77. The van der Waals surface area contributed by atoms with Crippen molar-refractivity contribution in [3.63, 3.8) is 0 Å². The number of rotatable bonds is 6. The zero-order chi connectivity index (χ0) is 19.1. The van der Waals surface area contributed by atoms with Gasteiger partial charge in [-0.1, -0.05) is 36.4 Å². The predicted octanol–water partition coefficient (Wildman–Crippen LogP) is 2.62. The zero-order valence-electron chi connectivity index (χ0n) is 14.8. The summed E-state index contributed by atoms with van der Waals surface area (Å²) in [5.74, 6) is 0. The highest BCUT2D eigenvalue weighted by molar-refractivity contribution is 5.89. The number of hydrogen-bond donors (Lipinski definition) is 2. The average molecular weight is 370 g/mol. The molecule has 8 nitrogen and oxygen atoms in total. The lowest BCUT2D eigenvalue weighted by molar-refractivity contribution is -0.384. The Bertz CT molecular complexity index is 784. The summed E-state index contributed by atoms with van der Waals surface area (Å²) in [4.78, 5) is 24.6.